The fraction of sp³-hybridized carbons (Fsp3) is 0.455. The molecule has 2 N–H and O–H groups in total. The summed E-state index contributed by atoms with van der Waals surface area (Å²) >= 11 is 0. The highest BCUT2D eigenvalue weighted by Gasteiger charge is 1.98. The van der Waals surface area contributed by atoms with Gasteiger partial charge in [0.1, 0.15) is 12.4 Å². The third kappa shape index (κ3) is 3.77. The number of benzene rings is 1. The summed E-state index contributed by atoms with van der Waals surface area (Å²) in [6, 6.07) is 7.89. The first-order chi connectivity index (χ1) is 6.72. The van der Waals surface area contributed by atoms with E-state index in [1.165, 1.54) is 0 Å². The van der Waals surface area contributed by atoms with Crippen LogP contribution < -0.4 is 10.5 Å². The van der Waals surface area contributed by atoms with Crippen LogP contribution in [-0.4, -0.2) is 19.8 Å². The molecule has 3 heteroatoms. The van der Waals surface area contributed by atoms with Crippen LogP contribution in [0.1, 0.15) is 12.5 Å². The number of hydrogen-bond donors (Lipinski definition) is 1. The van der Waals surface area contributed by atoms with Crippen molar-refractivity contribution in [1.82, 2.24) is 0 Å². The Hall–Kier alpha value is -1.06. The number of methoxy groups -OCH3 is 1. The first-order valence-electron chi connectivity index (χ1n) is 4.68. The molecule has 78 valence electrons. The number of nitrogens with two attached hydrogens (primary N) is 1. The van der Waals surface area contributed by atoms with Crippen LogP contribution in [0.5, 0.6) is 5.75 Å². The number of rotatable bonds is 5. The number of hydrogen-bond acceptors (Lipinski definition) is 3. The summed E-state index contributed by atoms with van der Waals surface area (Å²) in [5, 5.41) is 0. The third-order valence-electron chi connectivity index (χ3n) is 1.72. The van der Waals surface area contributed by atoms with E-state index in [9.17, 15) is 0 Å². The zero-order chi connectivity index (χ0) is 10.4. The fourth-order valence-corrected chi connectivity index (χ4v) is 1.12. The van der Waals surface area contributed by atoms with Gasteiger partial charge in [-0.15, -0.1) is 0 Å². The van der Waals surface area contributed by atoms with Crippen molar-refractivity contribution >= 4 is 0 Å². The molecular formula is C11H17NO2. The maximum Gasteiger partial charge on any atom is 0.119 e. The molecule has 3 nitrogen and oxygen atoms in total. The molecule has 0 aromatic heterocycles. The molecule has 0 amide bonds. The van der Waals surface area contributed by atoms with Crippen molar-refractivity contribution in [3.05, 3.63) is 29.8 Å². The van der Waals surface area contributed by atoms with Gasteiger partial charge >= 0.3 is 0 Å². The van der Waals surface area contributed by atoms with E-state index in [-0.39, 0.29) is 6.04 Å². The maximum atomic E-state index is 5.59. The average molecular weight is 195 g/mol. The van der Waals surface area contributed by atoms with E-state index < -0.39 is 0 Å². The molecule has 0 bridgehead atoms. The van der Waals surface area contributed by atoms with E-state index in [1.54, 1.807) is 7.11 Å². The summed E-state index contributed by atoms with van der Waals surface area (Å²) in [5.74, 6) is 0.844. The van der Waals surface area contributed by atoms with Crippen molar-refractivity contribution in [1.29, 1.82) is 0 Å². The molecule has 0 aliphatic heterocycles. The molecule has 0 saturated carbocycles. The lowest BCUT2D eigenvalue weighted by Crippen LogP contribution is -2.23. The van der Waals surface area contributed by atoms with Gasteiger partial charge in [-0.2, -0.15) is 0 Å². The third-order valence-corrected chi connectivity index (χ3v) is 1.72. The highest BCUT2D eigenvalue weighted by molar-refractivity contribution is 5.28. The molecule has 0 spiro atoms. The highest BCUT2D eigenvalue weighted by Crippen LogP contribution is 2.13. The topological polar surface area (TPSA) is 44.5 Å². The monoisotopic (exact) mass is 195 g/mol. The summed E-state index contributed by atoms with van der Waals surface area (Å²) < 4.78 is 10.5. The maximum absolute atomic E-state index is 5.59. The second-order valence-corrected chi connectivity index (χ2v) is 3.37. The van der Waals surface area contributed by atoms with Crippen LogP contribution in [0.25, 0.3) is 0 Å². The van der Waals surface area contributed by atoms with Gasteiger partial charge in [0.2, 0.25) is 0 Å². The van der Waals surface area contributed by atoms with Gasteiger partial charge in [-0.3, -0.25) is 0 Å². The van der Waals surface area contributed by atoms with Crippen molar-refractivity contribution in [2.24, 2.45) is 5.73 Å². The van der Waals surface area contributed by atoms with Crippen molar-refractivity contribution in [2.45, 2.75) is 19.6 Å². The Bertz CT molecular complexity index is 274. The molecule has 1 rings (SSSR count). The molecule has 1 aromatic carbocycles. The minimum absolute atomic E-state index is 0.0566. The van der Waals surface area contributed by atoms with Gasteiger partial charge in [0.15, 0.2) is 0 Å². The van der Waals surface area contributed by atoms with Crippen LogP contribution in [0.4, 0.5) is 0 Å². The SMILES string of the molecule is COCc1cccc(OCC(C)N)c1. The second kappa shape index (κ2) is 5.62. The Morgan fingerprint density at radius 2 is 2.21 bits per heavy atom. The van der Waals surface area contributed by atoms with Gasteiger partial charge in [0.25, 0.3) is 0 Å². The Morgan fingerprint density at radius 1 is 1.43 bits per heavy atom. The Morgan fingerprint density at radius 3 is 2.86 bits per heavy atom. The summed E-state index contributed by atoms with van der Waals surface area (Å²) in [5.41, 5.74) is 6.69. The summed E-state index contributed by atoms with van der Waals surface area (Å²) in [6.45, 7) is 3.06. The zero-order valence-corrected chi connectivity index (χ0v) is 8.69. The standard InChI is InChI=1S/C11H17NO2/c1-9(12)7-14-11-5-3-4-10(6-11)8-13-2/h3-6,9H,7-8,12H2,1-2H3. The van der Waals surface area contributed by atoms with Crippen molar-refractivity contribution in [3.8, 4) is 5.75 Å². The summed E-state index contributed by atoms with van der Waals surface area (Å²) in [4.78, 5) is 0. The van der Waals surface area contributed by atoms with E-state index in [1.807, 2.05) is 31.2 Å². The largest absolute Gasteiger partial charge is 0.492 e. The molecule has 0 saturated heterocycles. The van der Waals surface area contributed by atoms with Crippen molar-refractivity contribution < 1.29 is 9.47 Å². The first-order valence-corrected chi connectivity index (χ1v) is 4.68. The minimum atomic E-state index is 0.0566. The van der Waals surface area contributed by atoms with Crippen LogP contribution in [0.2, 0.25) is 0 Å². The van der Waals surface area contributed by atoms with Gasteiger partial charge in [-0.25, -0.2) is 0 Å². The Balaban J connectivity index is 2.54. The molecule has 0 heterocycles. The van der Waals surface area contributed by atoms with E-state index in [2.05, 4.69) is 0 Å². The predicted octanol–water partition coefficient (Wildman–Crippen LogP) is 1.56. The molecule has 0 fully saturated rings. The quantitative estimate of drug-likeness (QED) is 0.775. The van der Waals surface area contributed by atoms with Crippen LogP contribution in [0.3, 0.4) is 0 Å². The highest BCUT2D eigenvalue weighted by atomic mass is 16.5. The van der Waals surface area contributed by atoms with E-state index >= 15 is 0 Å². The summed E-state index contributed by atoms with van der Waals surface area (Å²) in [6.07, 6.45) is 0. The molecule has 0 radical (unpaired) electrons. The Kier molecular flexibility index (Phi) is 4.43. The normalized spacial score (nSPS) is 12.5. The van der Waals surface area contributed by atoms with E-state index in [0.717, 1.165) is 11.3 Å². The lowest BCUT2D eigenvalue weighted by molar-refractivity contribution is 0.184. The van der Waals surface area contributed by atoms with E-state index in [4.69, 9.17) is 15.2 Å². The molecule has 1 atom stereocenters. The number of ether oxygens (including phenoxy) is 2. The molecule has 0 aliphatic rings. The van der Waals surface area contributed by atoms with E-state index in [0.29, 0.717) is 13.2 Å². The van der Waals surface area contributed by atoms with Crippen molar-refractivity contribution in [3.63, 3.8) is 0 Å². The van der Waals surface area contributed by atoms with Crippen molar-refractivity contribution in [2.75, 3.05) is 13.7 Å². The minimum Gasteiger partial charge on any atom is -0.492 e. The van der Waals surface area contributed by atoms with Crippen LogP contribution in [-0.2, 0) is 11.3 Å². The van der Waals surface area contributed by atoms with Gasteiger partial charge in [-0.05, 0) is 24.6 Å². The lowest BCUT2D eigenvalue weighted by atomic mass is 10.2. The molecule has 1 aromatic rings. The zero-order valence-electron chi connectivity index (χ0n) is 8.69. The average Bonchev–Trinajstić information content (AvgIpc) is 2.16. The summed E-state index contributed by atoms with van der Waals surface area (Å²) in [7, 11) is 1.68. The second-order valence-electron chi connectivity index (χ2n) is 3.37. The fourth-order valence-electron chi connectivity index (χ4n) is 1.12. The molecule has 0 aliphatic carbocycles. The first kappa shape index (κ1) is 11.0. The smallest absolute Gasteiger partial charge is 0.119 e. The van der Waals surface area contributed by atoms with Gasteiger partial charge in [0, 0.05) is 13.2 Å². The van der Waals surface area contributed by atoms with Crippen LogP contribution in [0, 0.1) is 0 Å². The Labute approximate surface area is 84.8 Å². The molecule has 1 unspecified atom stereocenters. The van der Waals surface area contributed by atoms with Gasteiger partial charge < -0.3 is 15.2 Å². The molecular weight excluding hydrogens is 178 g/mol. The lowest BCUT2D eigenvalue weighted by Gasteiger charge is -2.09. The van der Waals surface area contributed by atoms with Crippen LogP contribution >= 0.6 is 0 Å². The molecule has 14 heavy (non-hydrogen) atoms. The van der Waals surface area contributed by atoms with Crippen LogP contribution in [0.15, 0.2) is 24.3 Å². The van der Waals surface area contributed by atoms with Gasteiger partial charge in [0.05, 0.1) is 6.61 Å². The van der Waals surface area contributed by atoms with Gasteiger partial charge in [-0.1, -0.05) is 12.1 Å². The predicted molar refractivity (Wildman–Crippen MR) is 56.3 cm³/mol.